The molecule has 0 saturated heterocycles. The Morgan fingerprint density at radius 1 is 0.952 bits per heavy atom. The van der Waals surface area contributed by atoms with Crippen molar-refractivity contribution in [1.29, 1.82) is 0 Å². The lowest BCUT2D eigenvalue weighted by atomic mass is 9.96. The fraction of sp³-hybridized carbons (Fsp3) is 0.333. The minimum absolute atomic E-state index is 0.229. The molecule has 112 valence electrons. The van der Waals surface area contributed by atoms with E-state index in [2.05, 4.69) is 5.32 Å². The zero-order valence-corrected chi connectivity index (χ0v) is 12.7. The van der Waals surface area contributed by atoms with Crippen LogP contribution in [0.15, 0.2) is 36.4 Å². The Morgan fingerprint density at radius 3 is 2.24 bits per heavy atom. The first-order valence-electron chi connectivity index (χ1n) is 7.26. The van der Waals surface area contributed by atoms with Crippen LogP contribution < -0.4 is 5.32 Å². The molecule has 1 unspecified atom stereocenters. The Kier molecular flexibility index (Phi) is 5.07. The largest absolute Gasteiger partial charge is 0.310 e. The molecule has 1 atom stereocenters. The summed E-state index contributed by atoms with van der Waals surface area (Å²) in [5, 5.41) is 3.24. The standard InChI is InChI=1S/C18H21F2N/c1-4-21-16(11-14-8-5-12(2)6-9-14)15-10-7-13(3)17(19)18(15)20/h5-10,16,21H,4,11H2,1-3H3. The zero-order chi connectivity index (χ0) is 15.4. The second kappa shape index (κ2) is 6.81. The van der Waals surface area contributed by atoms with Gasteiger partial charge in [-0.1, -0.05) is 48.9 Å². The average Bonchev–Trinajstić information content (AvgIpc) is 2.47. The normalized spacial score (nSPS) is 12.4. The van der Waals surface area contributed by atoms with Crippen molar-refractivity contribution in [1.82, 2.24) is 5.32 Å². The lowest BCUT2D eigenvalue weighted by molar-refractivity contribution is 0.461. The van der Waals surface area contributed by atoms with Crippen molar-refractivity contribution in [3.05, 3.63) is 70.3 Å². The molecule has 2 rings (SSSR count). The monoisotopic (exact) mass is 289 g/mol. The van der Waals surface area contributed by atoms with E-state index in [0.29, 0.717) is 24.1 Å². The highest BCUT2D eigenvalue weighted by Crippen LogP contribution is 2.24. The molecule has 0 radical (unpaired) electrons. The van der Waals surface area contributed by atoms with Crippen LogP contribution >= 0.6 is 0 Å². The summed E-state index contributed by atoms with van der Waals surface area (Å²) >= 11 is 0. The van der Waals surface area contributed by atoms with Crippen LogP contribution in [0.4, 0.5) is 8.78 Å². The van der Waals surface area contributed by atoms with Gasteiger partial charge in [-0.2, -0.15) is 0 Å². The first-order chi connectivity index (χ1) is 10.0. The van der Waals surface area contributed by atoms with Crippen LogP contribution in [0.5, 0.6) is 0 Å². The number of likely N-dealkylation sites (N-methyl/N-ethyl adjacent to an activating group) is 1. The number of aryl methyl sites for hydroxylation is 2. The van der Waals surface area contributed by atoms with Gasteiger partial charge in [-0.3, -0.25) is 0 Å². The van der Waals surface area contributed by atoms with E-state index in [0.717, 1.165) is 5.56 Å². The number of nitrogens with one attached hydrogen (secondary N) is 1. The summed E-state index contributed by atoms with van der Waals surface area (Å²) in [6.45, 7) is 6.26. The predicted octanol–water partition coefficient (Wildman–Crippen LogP) is 4.47. The molecule has 0 aliphatic heterocycles. The fourth-order valence-electron chi connectivity index (χ4n) is 2.43. The molecule has 0 saturated carbocycles. The van der Waals surface area contributed by atoms with Crippen molar-refractivity contribution in [2.75, 3.05) is 6.54 Å². The Bertz CT molecular complexity index is 605. The minimum Gasteiger partial charge on any atom is -0.310 e. The Morgan fingerprint density at radius 2 is 1.62 bits per heavy atom. The number of halogens is 2. The number of benzene rings is 2. The molecule has 21 heavy (non-hydrogen) atoms. The van der Waals surface area contributed by atoms with Crippen LogP contribution in [0, 0.1) is 25.5 Å². The van der Waals surface area contributed by atoms with Gasteiger partial charge in [0.2, 0.25) is 0 Å². The smallest absolute Gasteiger partial charge is 0.163 e. The second-order valence-corrected chi connectivity index (χ2v) is 5.40. The van der Waals surface area contributed by atoms with Crippen LogP contribution in [0.2, 0.25) is 0 Å². The van der Waals surface area contributed by atoms with Crippen LogP contribution in [0.25, 0.3) is 0 Å². The van der Waals surface area contributed by atoms with E-state index in [4.69, 9.17) is 0 Å². The lowest BCUT2D eigenvalue weighted by Gasteiger charge is -2.20. The maximum absolute atomic E-state index is 14.2. The third-order valence-corrected chi connectivity index (χ3v) is 3.69. The zero-order valence-electron chi connectivity index (χ0n) is 12.7. The molecule has 0 heterocycles. The van der Waals surface area contributed by atoms with Gasteiger partial charge in [0, 0.05) is 11.6 Å². The lowest BCUT2D eigenvalue weighted by Crippen LogP contribution is -2.24. The van der Waals surface area contributed by atoms with Gasteiger partial charge in [0.25, 0.3) is 0 Å². The molecule has 0 spiro atoms. The molecular formula is C18H21F2N. The van der Waals surface area contributed by atoms with E-state index in [1.165, 1.54) is 5.56 Å². The van der Waals surface area contributed by atoms with Crippen LogP contribution in [0.3, 0.4) is 0 Å². The van der Waals surface area contributed by atoms with Gasteiger partial charge in [-0.05, 0) is 37.9 Å². The molecule has 0 amide bonds. The number of rotatable bonds is 5. The van der Waals surface area contributed by atoms with Crippen molar-refractivity contribution in [3.63, 3.8) is 0 Å². The number of hydrogen-bond acceptors (Lipinski definition) is 1. The molecule has 1 nitrogen and oxygen atoms in total. The first-order valence-corrected chi connectivity index (χ1v) is 7.26. The summed E-state index contributed by atoms with van der Waals surface area (Å²) in [4.78, 5) is 0. The van der Waals surface area contributed by atoms with E-state index in [1.54, 1.807) is 19.1 Å². The average molecular weight is 289 g/mol. The predicted molar refractivity (Wildman–Crippen MR) is 82.4 cm³/mol. The SMILES string of the molecule is CCNC(Cc1ccc(C)cc1)c1ccc(C)c(F)c1F. The van der Waals surface area contributed by atoms with Crippen LogP contribution in [-0.2, 0) is 6.42 Å². The molecule has 3 heteroatoms. The van der Waals surface area contributed by atoms with Gasteiger partial charge >= 0.3 is 0 Å². The van der Waals surface area contributed by atoms with Crippen molar-refractivity contribution in [2.24, 2.45) is 0 Å². The Labute approximate surface area is 125 Å². The molecule has 0 aromatic heterocycles. The Hall–Kier alpha value is -1.74. The van der Waals surface area contributed by atoms with Gasteiger partial charge in [-0.25, -0.2) is 8.78 Å². The highest BCUT2D eigenvalue weighted by molar-refractivity contribution is 5.30. The van der Waals surface area contributed by atoms with E-state index < -0.39 is 11.6 Å². The van der Waals surface area contributed by atoms with Crippen molar-refractivity contribution in [3.8, 4) is 0 Å². The van der Waals surface area contributed by atoms with Gasteiger partial charge in [0.05, 0.1) is 0 Å². The maximum Gasteiger partial charge on any atom is 0.163 e. The summed E-state index contributed by atoms with van der Waals surface area (Å²) in [7, 11) is 0. The summed E-state index contributed by atoms with van der Waals surface area (Å²) in [5.41, 5.74) is 3.01. The van der Waals surface area contributed by atoms with Gasteiger partial charge < -0.3 is 5.32 Å². The Balaban J connectivity index is 2.30. The number of hydrogen-bond donors (Lipinski definition) is 1. The molecule has 2 aromatic rings. The molecule has 0 aliphatic rings. The third-order valence-electron chi connectivity index (χ3n) is 3.69. The van der Waals surface area contributed by atoms with E-state index in [9.17, 15) is 8.78 Å². The topological polar surface area (TPSA) is 12.0 Å². The quantitative estimate of drug-likeness (QED) is 0.856. The highest BCUT2D eigenvalue weighted by Gasteiger charge is 2.19. The highest BCUT2D eigenvalue weighted by atomic mass is 19.2. The molecule has 0 aliphatic carbocycles. The maximum atomic E-state index is 14.2. The molecule has 0 fully saturated rings. The van der Waals surface area contributed by atoms with Gasteiger partial charge in [0.1, 0.15) is 0 Å². The van der Waals surface area contributed by atoms with E-state index in [1.807, 2.05) is 38.1 Å². The summed E-state index contributed by atoms with van der Waals surface area (Å²) in [6, 6.07) is 11.2. The molecule has 2 aromatic carbocycles. The first kappa shape index (κ1) is 15.6. The molecule has 1 N–H and O–H groups in total. The third kappa shape index (κ3) is 3.67. The minimum atomic E-state index is -0.751. The fourth-order valence-corrected chi connectivity index (χ4v) is 2.43. The molecular weight excluding hydrogens is 268 g/mol. The van der Waals surface area contributed by atoms with Gasteiger partial charge in [-0.15, -0.1) is 0 Å². The molecule has 0 bridgehead atoms. The summed E-state index contributed by atoms with van der Waals surface area (Å²) < 4.78 is 28.0. The van der Waals surface area contributed by atoms with Gasteiger partial charge in [0.15, 0.2) is 11.6 Å². The summed E-state index contributed by atoms with van der Waals surface area (Å²) in [6.07, 6.45) is 0.632. The van der Waals surface area contributed by atoms with Crippen molar-refractivity contribution in [2.45, 2.75) is 33.2 Å². The summed E-state index contributed by atoms with van der Waals surface area (Å²) in [5.74, 6) is -1.49. The van der Waals surface area contributed by atoms with Crippen molar-refractivity contribution >= 4 is 0 Å². The van der Waals surface area contributed by atoms with Crippen molar-refractivity contribution < 1.29 is 8.78 Å². The van der Waals surface area contributed by atoms with Crippen LogP contribution in [0.1, 0.15) is 35.2 Å². The second-order valence-electron chi connectivity index (χ2n) is 5.40. The van der Waals surface area contributed by atoms with Crippen LogP contribution in [-0.4, -0.2) is 6.54 Å². The van der Waals surface area contributed by atoms with E-state index in [-0.39, 0.29) is 6.04 Å². The van der Waals surface area contributed by atoms with E-state index >= 15 is 0 Å².